The Balaban J connectivity index is 3.36. The second-order valence-electron chi connectivity index (χ2n) is 3.33. The van der Waals surface area contributed by atoms with Gasteiger partial charge in [-0.25, -0.2) is 0 Å². The molecule has 0 bridgehead atoms. The van der Waals surface area contributed by atoms with E-state index in [1.165, 1.54) is 28.7 Å². The van der Waals surface area contributed by atoms with E-state index in [2.05, 4.69) is 34.6 Å². The summed E-state index contributed by atoms with van der Waals surface area (Å²) in [5.41, 5.74) is 7.53. The highest BCUT2D eigenvalue weighted by Crippen LogP contribution is 2.25. The second kappa shape index (κ2) is 2.77. The van der Waals surface area contributed by atoms with Gasteiger partial charge in [0.2, 0.25) is 0 Å². The van der Waals surface area contributed by atoms with Crippen LogP contribution in [0.25, 0.3) is 0 Å². The average molecular weight is 149 g/mol. The smallest absolute Gasteiger partial charge is 0.0630 e. The molecular weight excluding hydrogens is 132 g/mol. The summed E-state index contributed by atoms with van der Waals surface area (Å²) in [5, 5.41) is 0. The van der Waals surface area contributed by atoms with Gasteiger partial charge in [0.05, 0.1) is 0 Å². The third-order valence-electron chi connectivity index (χ3n) is 2.95. The average Bonchev–Trinajstić information content (AvgIpc) is 2.17. The molecule has 0 fully saturated rings. The molecule has 0 unspecified atom stereocenters. The highest BCUT2D eigenvalue weighted by molar-refractivity contribution is 5.49. The van der Waals surface area contributed by atoms with Crippen LogP contribution in [-0.4, -0.2) is 0 Å². The van der Waals surface area contributed by atoms with Crippen molar-refractivity contribution in [3.63, 3.8) is 0 Å². The van der Waals surface area contributed by atoms with Gasteiger partial charge in [0, 0.05) is 0 Å². The summed E-state index contributed by atoms with van der Waals surface area (Å²) in [7, 11) is 0. The molecule has 1 aromatic rings. The van der Waals surface area contributed by atoms with Gasteiger partial charge in [-0.2, -0.15) is 27.8 Å². The Hall–Kier alpha value is -0.650. The van der Waals surface area contributed by atoms with Crippen LogP contribution in [0.15, 0.2) is 0 Å². The zero-order valence-electron chi connectivity index (χ0n) is 8.21. The molecule has 0 saturated carbocycles. The molecule has 0 heterocycles. The first kappa shape index (κ1) is 8.45. The topological polar surface area (TPSA) is 0 Å². The van der Waals surface area contributed by atoms with Crippen molar-refractivity contribution in [3.8, 4) is 0 Å². The first-order valence-electron chi connectivity index (χ1n) is 4.31. The molecule has 1 rings (SSSR count). The first-order chi connectivity index (χ1) is 5.09. The van der Waals surface area contributed by atoms with Gasteiger partial charge in [-0.15, -0.1) is 0 Å². The lowest BCUT2D eigenvalue weighted by atomic mass is 10.1. The molecule has 0 spiro atoms. The van der Waals surface area contributed by atoms with Crippen LogP contribution < -0.4 is 0 Å². The van der Waals surface area contributed by atoms with Gasteiger partial charge in [-0.1, -0.05) is 41.0 Å². The van der Waals surface area contributed by atoms with Crippen LogP contribution in [0.1, 0.15) is 34.7 Å². The molecule has 0 aliphatic carbocycles. The fraction of sp³-hybridized carbons (Fsp3) is 0.545. The van der Waals surface area contributed by atoms with Crippen molar-refractivity contribution in [1.29, 1.82) is 0 Å². The largest absolute Gasteiger partial charge is 0.195 e. The lowest BCUT2D eigenvalue weighted by Crippen LogP contribution is -1.82. The highest BCUT2D eigenvalue weighted by Gasteiger charge is 1.98. The summed E-state index contributed by atoms with van der Waals surface area (Å²) in [5.74, 6) is 0. The Morgan fingerprint density at radius 3 is 1.82 bits per heavy atom. The molecule has 0 amide bonds. The van der Waals surface area contributed by atoms with E-state index in [1.54, 1.807) is 5.56 Å². The zero-order valence-corrected chi connectivity index (χ0v) is 8.21. The molecule has 62 valence electrons. The third-order valence-corrected chi connectivity index (χ3v) is 2.95. The lowest BCUT2D eigenvalue weighted by molar-refractivity contribution is 1.10. The second-order valence-corrected chi connectivity index (χ2v) is 3.33. The van der Waals surface area contributed by atoms with E-state index in [4.69, 9.17) is 0 Å². The summed E-state index contributed by atoms with van der Waals surface area (Å²) >= 11 is 0. The standard InChI is InChI=1S/C11H17/c1-6-11-9(4)7(2)8(3)10(11)5/h6H2,1-5H3/q-1. The molecule has 11 heavy (non-hydrogen) atoms. The molecule has 0 saturated heterocycles. The van der Waals surface area contributed by atoms with Gasteiger partial charge in [-0.3, -0.25) is 0 Å². The summed E-state index contributed by atoms with van der Waals surface area (Å²) in [6, 6.07) is 0. The van der Waals surface area contributed by atoms with Crippen LogP contribution in [0.4, 0.5) is 0 Å². The van der Waals surface area contributed by atoms with Crippen molar-refractivity contribution in [3.05, 3.63) is 27.8 Å². The van der Waals surface area contributed by atoms with Crippen LogP contribution in [-0.2, 0) is 6.42 Å². The van der Waals surface area contributed by atoms with Crippen molar-refractivity contribution < 1.29 is 0 Å². The van der Waals surface area contributed by atoms with E-state index in [1.807, 2.05) is 0 Å². The van der Waals surface area contributed by atoms with Crippen molar-refractivity contribution in [2.45, 2.75) is 41.0 Å². The van der Waals surface area contributed by atoms with E-state index in [-0.39, 0.29) is 0 Å². The SMILES string of the molecule is CCc1c(C)c(C)[c-](C)c1C. The predicted molar refractivity (Wildman–Crippen MR) is 50.4 cm³/mol. The molecule has 0 aliphatic heterocycles. The van der Waals surface area contributed by atoms with Crippen LogP contribution in [0.2, 0.25) is 0 Å². The Bertz CT molecular complexity index is 239. The van der Waals surface area contributed by atoms with E-state index >= 15 is 0 Å². The van der Waals surface area contributed by atoms with Gasteiger partial charge >= 0.3 is 0 Å². The molecule has 0 N–H and O–H groups in total. The number of hydrogen-bond donors (Lipinski definition) is 0. The van der Waals surface area contributed by atoms with Crippen molar-refractivity contribution >= 4 is 0 Å². The van der Waals surface area contributed by atoms with Crippen LogP contribution in [0.3, 0.4) is 0 Å². The summed E-state index contributed by atoms with van der Waals surface area (Å²) < 4.78 is 0. The maximum Gasteiger partial charge on any atom is -0.0630 e. The monoisotopic (exact) mass is 149 g/mol. The zero-order chi connectivity index (χ0) is 8.59. The minimum Gasteiger partial charge on any atom is -0.195 e. The van der Waals surface area contributed by atoms with Crippen LogP contribution in [0, 0.1) is 27.7 Å². The van der Waals surface area contributed by atoms with Crippen molar-refractivity contribution in [1.82, 2.24) is 0 Å². The quantitative estimate of drug-likeness (QED) is 0.538. The summed E-state index contributed by atoms with van der Waals surface area (Å²) in [4.78, 5) is 0. The Labute approximate surface area is 69.6 Å². The predicted octanol–water partition coefficient (Wildman–Crippen LogP) is 3.20. The minimum atomic E-state index is 1.17. The van der Waals surface area contributed by atoms with E-state index < -0.39 is 0 Å². The van der Waals surface area contributed by atoms with Crippen molar-refractivity contribution in [2.24, 2.45) is 0 Å². The van der Waals surface area contributed by atoms with Gasteiger partial charge in [0.15, 0.2) is 0 Å². The Morgan fingerprint density at radius 2 is 1.64 bits per heavy atom. The molecule has 1 aromatic carbocycles. The van der Waals surface area contributed by atoms with Gasteiger partial charge in [0.1, 0.15) is 0 Å². The molecule has 0 aliphatic rings. The summed E-state index contributed by atoms with van der Waals surface area (Å²) in [6.45, 7) is 11.1. The van der Waals surface area contributed by atoms with E-state index in [0.29, 0.717) is 0 Å². The third kappa shape index (κ3) is 1.11. The lowest BCUT2D eigenvalue weighted by Gasteiger charge is -2.08. The van der Waals surface area contributed by atoms with Gasteiger partial charge in [0.25, 0.3) is 0 Å². The molecular formula is C11H17-. The van der Waals surface area contributed by atoms with Crippen LogP contribution in [0.5, 0.6) is 0 Å². The van der Waals surface area contributed by atoms with E-state index in [0.717, 1.165) is 0 Å². The molecule has 0 atom stereocenters. The van der Waals surface area contributed by atoms with Crippen molar-refractivity contribution in [2.75, 3.05) is 0 Å². The fourth-order valence-corrected chi connectivity index (χ4v) is 1.83. The highest BCUT2D eigenvalue weighted by atomic mass is 14.1. The fourth-order valence-electron chi connectivity index (χ4n) is 1.83. The first-order valence-corrected chi connectivity index (χ1v) is 4.31. The van der Waals surface area contributed by atoms with Crippen LogP contribution >= 0.6 is 0 Å². The molecule has 0 aromatic heterocycles. The maximum absolute atomic E-state index is 2.23. The molecule has 0 nitrogen and oxygen atoms in total. The van der Waals surface area contributed by atoms with Gasteiger partial charge < -0.3 is 0 Å². The maximum atomic E-state index is 2.23. The molecule has 0 radical (unpaired) electrons. The summed E-state index contributed by atoms with van der Waals surface area (Å²) in [6.07, 6.45) is 1.17. The van der Waals surface area contributed by atoms with Gasteiger partial charge in [-0.05, 0) is 0 Å². The Morgan fingerprint density at radius 1 is 1.09 bits per heavy atom. The molecule has 0 heteroatoms. The number of rotatable bonds is 1. The minimum absolute atomic E-state index is 1.17. The number of hydrogen-bond acceptors (Lipinski definition) is 0. The normalized spacial score (nSPS) is 10.6. The Kier molecular flexibility index (Phi) is 2.12. The van der Waals surface area contributed by atoms with E-state index in [9.17, 15) is 0 Å².